The number of imide groups is 1. The number of hydrogen-bond acceptors (Lipinski definition) is 3. The van der Waals surface area contributed by atoms with Crippen LogP contribution in [-0.2, 0) is 16.0 Å². The Hall–Kier alpha value is -1.68. The first-order chi connectivity index (χ1) is 10.2. The lowest BCUT2D eigenvalue weighted by Crippen LogP contribution is -2.41. The van der Waals surface area contributed by atoms with E-state index in [0.29, 0.717) is 13.0 Å². The van der Waals surface area contributed by atoms with Crippen LogP contribution in [0.5, 0.6) is 0 Å². The monoisotopic (exact) mass is 286 g/mol. The number of hydrogen-bond donors (Lipinski definition) is 1. The van der Waals surface area contributed by atoms with Crippen molar-refractivity contribution in [1.29, 1.82) is 0 Å². The number of carbonyl (C=O) groups excluding carboxylic acids is 2. The molecule has 0 bridgehead atoms. The van der Waals surface area contributed by atoms with Crippen LogP contribution in [0.25, 0.3) is 0 Å². The van der Waals surface area contributed by atoms with Crippen molar-refractivity contribution in [3.05, 3.63) is 35.4 Å². The van der Waals surface area contributed by atoms with E-state index in [1.807, 2.05) is 13.0 Å². The SMILES string of the molecule is CCCN1C(=O)CC(NC2CCCc3ccccc32)C1=O. The minimum Gasteiger partial charge on any atom is -0.298 e. The molecule has 1 aliphatic heterocycles. The summed E-state index contributed by atoms with van der Waals surface area (Å²) in [5.74, 6) is -0.0895. The highest BCUT2D eigenvalue weighted by Crippen LogP contribution is 2.30. The van der Waals surface area contributed by atoms with Crippen molar-refractivity contribution < 1.29 is 9.59 Å². The van der Waals surface area contributed by atoms with Crippen molar-refractivity contribution >= 4 is 11.8 Å². The molecule has 2 atom stereocenters. The lowest BCUT2D eigenvalue weighted by molar-refractivity contribution is -0.138. The molecule has 1 aromatic carbocycles. The minimum atomic E-state index is -0.347. The molecule has 1 aromatic rings. The number of fused-ring (bicyclic) bond motifs is 1. The van der Waals surface area contributed by atoms with Crippen LogP contribution in [0.1, 0.15) is 49.8 Å². The molecule has 2 unspecified atom stereocenters. The quantitative estimate of drug-likeness (QED) is 0.863. The zero-order valence-corrected chi connectivity index (χ0v) is 12.5. The number of likely N-dealkylation sites (tertiary alicyclic amines) is 1. The molecule has 0 aromatic heterocycles. The van der Waals surface area contributed by atoms with Crippen LogP contribution in [0.4, 0.5) is 0 Å². The van der Waals surface area contributed by atoms with Gasteiger partial charge < -0.3 is 0 Å². The third-order valence-corrected chi connectivity index (χ3v) is 4.46. The Morgan fingerprint density at radius 2 is 2.05 bits per heavy atom. The first-order valence-electron chi connectivity index (χ1n) is 7.88. The summed E-state index contributed by atoms with van der Waals surface area (Å²) < 4.78 is 0. The number of nitrogens with one attached hydrogen (secondary N) is 1. The molecule has 4 nitrogen and oxygen atoms in total. The van der Waals surface area contributed by atoms with Gasteiger partial charge in [-0.15, -0.1) is 0 Å². The highest BCUT2D eigenvalue weighted by atomic mass is 16.2. The number of amides is 2. The molecule has 1 heterocycles. The maximum absolute atomic E-state index is 12.3. The van der Waals surface area contributed by atoms with Crippen molar-refractivity contribution in [3.63, 3.8) is 0 Å². The van der Waals surface area contributed by atoms with Crippen molar-refractivity contribution in [3.8, 4) is 0 Å². The summed E-state index contributed by atoms with van der Waals surface area (Å²) in [5.41, 5.74) is 2.65. The lowest BCUT2D eigenvalue weighted by atomic mass is 9.87. The van der Waals surface area contributed by atoms with E-state index in [4.69, 9.17) is 0 Å². The first kappa shape index (κ1) is 14.3. The maximum atomic E-state index is 12.3. The van der Waals surface area contributed by atoms with Gasteiger partial charge in [0.05, 0.1) is 12.5 Å². The predicted octanol–water partition coefficient (Wildman–Crippen LogP) is 2.19. The van der Waals surface area contributed by atoms with E-state index in [2.05, 4.69) is 23.5 Å². The van der Waals surface area contributed by atoms with E-state index in [0.717, 1.165) is 25.7 Å². The number of benzene rings is 1. The Bertz CT molecular complexity index is 555. The van der Waals surface area contributed by atoms with Crippen LogP contribution in [-0.4, -0.2) is 29.3 Å². The van der Waals surface area contributed by atoms with Gasteiger partial charge in [-0.05, 0) is 36.8 Å². The zero-order valence-electron chi connectivity index (χ0n) is 12.5. The standard InChI is InChI=1S/C17H22N2O2/c1-2-10-19-16(20)11-15(17(19)21)18-14-9-5-7-12-6-3-4-8-13(12)14/h3-4,6,8,14-15,18H,2,5,7,9-11H2,1H3. The van der Waals surface area contributed by atoms with E-state index >= 15 is 0 Å². The normalized spacial score (nSPS) is 25.3. The van der Waals surface area contributed by atoms with E-state index in [-0.39, 0.29) is 23.9 Å². The van der Waals surface area contributed by atoms with Gasteiger partial charge in [-0.2, -0.15) is 0 Å². The minimum absolute atomic E-state index is 0.0385. The second-order valence-electron chi connectivity index (χ2n) is 5.95. The smallest absolute Gasteiger partial charge is 0.246 e. The summed E-state index contributed by atoms with van der Waals surface area (Å²) in [6.45, 7) is 2.52. The first-order valence-corrected chi connectivity index (χ1v) is 7.88. The third-order valence-electron chi connectivity index (χ3n) is 4.46. The van der Waals surface area contributed by atoms with Crippen molar-refractivity contribution in [2.75, 3.05) is 6.54 Å². The van der Waals surface area contributed by atoms with Gasteiger partial charge in [-0.25, -0.2) is 0 Å². The molecule has 1 N–H and O–H groups in total. The number of nitrogens with zero attached hydrogens (tertiary/aromatic N) is 1. The number of aryl methyl sites for hydroxylation is 1. The fraction of sp³-hybridized carbons (Fsp3) is 0.529. The zero-order chi connectivity index (χ0) is 14.8. The van der Waals surface area contributed by atoms with Crippen molar-refractivity contribution in [2.45, 2.75) is 51.1 Å². The average Bonchev–Trinajstić information content (AvgIpc) is 2.76. The molecule has 2 amide bonds. The maximum Gasteiger partial charge on any atom is 0.246 e. The fourth-order valence-electron chi connectivity index (χ4n) is 3.44. The van der Waals surface area contributed by atoms with Crippen LogP contribution in [0.3, 0.4) is 0 Å². The second kappa shape index (κ2) is 5.98. The summed E-state index contributed by atoms with van der Waals surface area (Å²) in [5, 5.41) is 3.43. The van der Waals surface area contributed by atoms with E-state index in [1.54, 1.807) is 0 Å². The van der Waals surface area contributed by atoms with Gasteiger partial charge in [-0.3, -0.25) is 19.8 Å². The van der Waals surface area contributed by atoms with Crippen LogP contribution in [0.2, 0.25) is 0 Å². The summed E-state index contributed by atoms with van der Waals surface area (Å²) in [6, 6.07) is 8.25. The van der Waals surface area contributed by atoms with E-state index < -0.39 is 0 Å². The Balaban J connectivity index is 1.74. The van der Waals surface area contributed by atoms with Gasteiger partial charge in [0.25, 0.3) is 0 Å². The summed E-state index contributed by atoms with van der Waals surface area (Å²) >= 11 is 0. The van der Waals surface area contributed by atoms with Crippen LogP contribution in [0.15, 0.2) is 24.3 Å². The topological polar surface area (TPSA) is 49.4 Å². The number of rotatable bonds is 4. The van der Waals surface area contributed by atoms with E-state index in [9.17, 15) is 9.59 Å². The second-order valence-corrected chi connectivity index (χ2v) is 5.95. The number of carbonyl (C=O) groups is 2. The molecule has 112 valence electrons. The molecular weight excluding hydrogens is 264 g/mol. The fourth-order valence-corrected chi connectivity index (χ4v) is 3.44. The van der Waals surface area contributed by atoms with Gasteiger partial charge in [0.1, 0.15) is 0 Å². The Morgan fingerprint density at radius 1 is 1.24 bits per heavy atom. The van der Waals surface area contributed by atoms with Gasteiger partial charge in [0, 0.05) is 12.6 Å². The molecular formula is C17H22N2O2. The van der Waals surface area contributed by atoms with Gasteiger partial charge in [0.15, 0.2) is 0 Å². The highest BCUT2D eigenvalue weighted by molar-refractivity contribution is 6.05. The van der Waals surface area contributed by atoms with Gasteiger partial charge in [0.2, 0.25) is 11.8 Å². The average molecular weight is 286 g/mol. The van der Waals surface area contributed by atoms with Gasteiger partial charge in [-0.1, -0.05) is 31.2 Å². The molecule has 4 heteroatoms. The third kappa shape index (κ3) is 2.72. The molecule has 2 aliphatic rings. The van der Waals surface area contributed by atoms with Crippen molar-refractivity contribution in [2.24, 2.45) is 0 Å². The van der Waals surface area contributed by atoms with Gasteiger partial charge >= 0.3 is 0 Å². The molecule has 3 rings (SSSR count). The molecule has 0 spiro atoms. The molecule has 1 fully saturated rings. The molecule has 1 aliphatic carbocycles. The molecule has 0 radical (unpaired) electrons. The molecule has 21 heavy (non-hydrogen) atoms. The Kier molecular flexibility index (Phi) is 4.06. The molecule has 0 saturated carbocycles. The summed E-state index contributed by atoms with van der Waals surface area (Å²) in [7, 11) is 0. The van der Waals surface area contributed by atoms with Crippen LogP contribution in [0, 0.1) is 0 Å². The highest BCUT2D eigenvalue weighted by Gasteiger charge is 2.39. The van der Waals surface area contributed by atoms with Crippen LogP contribution >= 0.6 is 0 Å². The summed E-state index contributed by atoms with van der Waals surface area (Å²) in [6.07, 6.45) is 4.38. The summed E-state index contributed by atoms with van der Waals surface area (Å²) in [4.78, 5) is 25.7. The van der Waals surface area contributed by atoms with E-state index in [1.165, 1.54) is 16.0 Å². The molecule has 1 saturated heterocycles. The lowest BCUT2D eigenvalue weighted by Gasteiger charge is -2.28. The van der Waals surface area contributed by atoms with Crippen LogP contribution < -0.4 is 5.32 Å². The largest absolute Gasteiger partial charge is 0.298 e. The van der Waals surface area contributed by atoms with Crippen molar-refractivity contribution in [1.82, 2.24) is 10.2 Å². The Morgan fingerprint density at radius 3 is 2.86 bits per heavy atom. The Labute approximate surface area is 125 Å². The predicted molar refractivity (Wildman–Crippen MR) is 80.7 cm³/mol.